The number of aromatic nitrogens is 2. The molecule has 0 radical (unpaired) electrons. The third-order valence-corrected chi connectivity index (χ3v) is 6.25. The predicted molar refractivity (Wildman–Crippen MR) is 131 cm³/mol. The topological polar surface area (TPSA) is 63.1 Å². The first kappa shape index (κ1) is 22.3. The zero-order valence-corrected chi connectivity index (χ0v) is 19.5. The van der Waals surface area contributed by atoms with E-state index in [0.29, 0.717) is 6.54 Å². The van der Waals surface area contributed by atoms with Gasteiger partial charge in [0.1, 0.15) is 11.6 Å². The number of nitrogens with one attached hydrogen (secondary N) is 1. The highest BCUT2D eigenvalue weighted by molar-refractivity contribution is 5.80. The van der Waals surface area contributed by atoms with E-state index in [9.17, 15) is 0 Å². The van der Waals surface area contributed by atoms with Crippen molar-refractivity contribution in [3.63, 3.8) is 0 Å². The van der Waals surface area contributed by atoms with Crippen molar-refractivity contribution in [2.75, 3.05) is 75.2 Å². The maximum atomic E-state index is 4.96. The number of aliphatic imine (C=N–C) groups is 1. The van der Waals surface area contributed by atoms with E-state index < -0.39 is 0 Å². The minimum Gasteiger partial charge on any atom is -0.357 e. The van der Waals surface area contributed by atoms with E-state index in [1.807, 2.05) is 24.5 Å². The molecular formula is C24H36N8. The molecule has 2 aliphatic heterocycles. The van der Waals surface area contributed by atoms with Gasteiger partial charge in [-0.1, -0.05) is 13.0 Å². The van der Waals surface area contributed by atoms with E-state index in [2.05, 4.69) is 66.9 Å². The first-order valence-electron chi connectivity index (χ1n) is 11.9. The van der Waals surface area contributed by atoms with Gasteiger partial charge in [0, 0.05) is 71.3 Å². The van der Waals surface area contributed by atoms with Crippen molar-refractivity contribution in [3.8, 4) is 0 Å². The van der Waals surface area contributed by atoms with Gasteiger partial charge in [0.25, 0.3) is 0 Å². The minimum atomic E-state index is 0.660. The number of pyridine rings is 2. The van der Waals surface area contributed by atoms with Crippen molar-refractivity contribution in [2.45, 2.75) is 20.4 Å². The molecule has 4 rings (SSSR count). The molecule has 2 aromatic rings. The molecule has 32 heavy (non-hydrogen) atoms. The summed E-state index contributed by atoms with van der Waals surface area (Å²) in [4.78, 5) is 23.6. The van der Waals surface area contributed by atoms with Crippen molar-refractivity contribution < 1.29 is 0 Å². The highest BCUT2D eigenvalue weighted by atomic mass is 15.4. The molecule has 0 aromatic carbocycles. The average molecular weight is 437 g/mol. The number of nitrogens with zero attached hydrogens (tertiary/aromatic N) is 7. The van der Waals surface area contributed by atoms with Gasteiger partial charge in [0.05, 0.1) is 6.54 Å². The smallest absolute Gasteiger partial charge is 0.194 e. The Morgan fingerprint density at radius 1 is 0.875 bits per heavy atom. The lowest BCUT2D eigenvalue weighted by molar-refractivity contribution is 0.270. The van der Waals surface area contributed by atoms with Crippen LogP contribution in [0.5, 0.6) is 0 Å². The molecule has 2 aromatic heterocycles. The molecule has 0 bridgehead atoms. The van der Waals surface area contributed by atoms with Crippen molar-refractivity contribution >= 4 is 17.6 Å². The molecule has 0 atom stereocenters. The summed E-state index contributed by atoms with van der Waals surface area (Å²) in [5.41, 5.74) is 1.20. The Kier molecular flexibility index (Phi) is 7.77. The molecule has 8 nitrogen and oxygen atoms in total. The van der Waals surface area contributed by atoms with E-state index in [-0.39, 0.29) is 0 Å². The third-order valence-electron chi connectivity index (χ3n) is 6.25. The molecule has 0 saturated carbocycles. The number of hydrogen-bond donors (Lipinski definition) is 1. The summed E-state index contributed by atoms with van der Waals surface area (Å²) in [6.45, 7) is 15.1. The van der Waals surface area contributed by atoms with Crippen LogP contribution in [0.3, 0.4) is 0 Å². The maximum absolute atomic E-state index is 4.96. The molecule has 0 aliphatic carbocycles. The van der Waals surface area contributed by atoms with Gasteiger partial charge in [0.2, 0.25) is 0 Å². The summed E-state index contributed by atoms with van der Waals surface area (Å²) >= 11 is 0. The fourth-order valence-electron chi connectivity index (χ4n) is 4.31. The maximum Gasteiger partial charge on any atom is 0.194 e. The lowest BCUT2D eigenvalue weighted by atomic mass is 10.2. The van der Waals surface area contributed by atoms with E-state index in [1.165, 1.54) is 5.56 Å². The van der Waals surface area contributed by atoms with Gasteiger partial charge in [-0.3, -0.25) is 0 Å². The molecule has 4 heterocycles. The largest absolute Gasteiger partial charge is 0.357 e. The number of hydrogen-bond acceptors (Lipinski definition) is 6. The number of rotatable bonds is 6. The molecule has 2 saturated heterocycles. The quantitative estimate of drug-likeness (QED) is 0.548. The van der Waals surface area contributed by atoms with Crippen molar-refractivity contribution in [1.29, 1.82) is 0 Å². The summed E-state index contributed by atoms with van der Waals surface area (Å²) in [6, 6.07) is 10.4. The average Bonchev–Trinajstić information content (AvgIpc) is 2.87. The monoisotopic (exact) mass is 436 g/mol. The molecule has 0 spiro atoms. The number of guanidine groups is 1. The number of piperazine rings is 2. The zero-order chi connectivity index (χ0) is 22.2. The molecule has 1 N–H and O–H groups in total. The van der Waals surface area contributed by atoms with Crippen molar-refractivity contribution in [2.24, 2.45) is 4.99 Å². The normalized spacial score (nSPS) is 18.2. The standard InChI is InChI=1S/C24H36N8/c1-3-25-24(32-17-15-30(16-18-32)22-7-5-6-9-26-22)28-20-21-8-10-27-23(19-21)31-13-11-29(4-2)12-14-31/h5-10,19H,3-4,11-18,20H2,1-2H3,(H,25,28). The van der Waals surface area contributed by atoms with E-state index >= 15 is 0 Å². The highest BCUT2D eigenvalue weighted by Gasteiger charge is 2.20. The van der Waals surface area contributed by atoms with E-state index in [1.54, 1.807) is 0 Å². The van der Waals surface area contributed by atoms with Gasteiger partial charge in [-0.2, -0.15) is 0 Å². The fourth-order valence-corrected chi connectivity index (χ4v) is 4.31. The van der Waals surface area contributed by atoms with Crippen LogP contribution in [0.4, 0.5) is 11.6 Å². The summed E-state index contributed by atoms with van der Waals surface area (Å²) in [7, 11) is 0. The van der Waals surface area contributed by atoms with Crippen LogP contribution in [0, 0.1) is 0 Å². The zero-order valence-electron chi connectivity index (χ0n) is 19.5. The Labute approximate surface area is 192 Å². The van der Waals surface area contributed by atoms with Crippen molar-refractivity contribution in [3.05, 3.63) is 48.3 Å². The van der Waals surface area contributed by atoms with Crippen molar-refractivity contribution in [1.82, 2.24) is 25.1 Å². The Balaban J connectivity index is 1.36. The van der Waals surface area contributed by atoms with Gasteiger partial charge in [-0.25, -0.2) is 15.0 Å². The lowest BCUT2D eigenvalue weighted by Crippen LogP contribution is -2.52. The highest BCUT2D eigenvalue weighted by Crippen LogP contribution is 2.16. The summed E-state index contributed by atoms with van der Waals surface area (Å²) in [6.07, 6.45) is 3.78. The molecular weight excluding hydrogens is 400 g/mol. The Morgan fingerprint density at radius 3 is 2.28 bits per heavy atom. The molecule has 0 unspecified atom stereocenters. The first-order chi connectivity index (χ1) is 15.8. The van der Waals surface area contributed by atoms with Gasteiger partial charge in [0.15, 0.2) is 5.96 Å². The van der Waals surface area contributed by atoms with Gasteiger partial charge >= 0.3 is 0 Å². The Morgan fingerprint density at radius 2 is 1.59 bits per heavy atom. The molecule has 2 fully saturated rings. The second kappa shape index (κ2) is 11.1. The van der Waals surface area contributed by atoms with Gasteiger partial charge in [-0.15, -0.1) is 0 Å². The molecule has 8 heteroatoms. The van der Waals surface area contributed by atoms with E-state index in [0.717, 1.165) is 83.0 Å². The molecule has 2 aliphatic rings. The molecule has 0 amide bonds. The number of anilines is 2. The number of likely N-dealkylation sites (N-methyl/N-ethyl adjacent to an activating group) is 1. The third kappa shape index (κ3) is 5.68. The van der Waals surface area contributed by atoms with Crippen LogP contribution in [-0.2, 0) is 6.54 Å². The molecule has 172 valence electrons. The lowest BCUT2D eigenvalue weighted by Gasteiger charge is -2.37. The first-order valence-corrected chi connectivity index (χ1v) is 11.9. The van der Waals surface area contributed by atoms with Crippen LogP contribution in [0.25, 0.3) is 0 Å². The predicted octanol–water partition coefficient (Wildman–Crippen LogP) is 1.91. The van der Waals surface area contributed by atoms with Crippen LogP contribution in [-0.4, -0.2) is 91.2 Å². The summed E-state index contributed by atoms with van der Waals surface area (Å²) in [5, 5.41) is 3.48. The summed E-state index contributed by atoms with van der Waals surface area (Å²) in [5.74, 6) is 3.11. The van der Waals surface area contributed by atoms with Gasteiger partial charge < -0.3 is 24.9 Å². The minimum absolute atomic E-state index is 0.660. The van der Waals surface area contributed by atoms with E-state index in [4.69, 9.17) is 4.99 Å². The van der Waals surface area contributed by atoms with Crippen LogP contribution >= 0.6 is 0 Å². The summed E-state index contributed by atoms with van der Waals surface area (Å²) < 4.78 is 0. The Hall–Kier alpha value is -2.87. The second-order valence-corrected chi connectivity index (χ2v) is 8.28. The second-order valence-electron chi connectivity index (χ2n) is 8.28. The Bertz CT molecular complexity index is 855. The fraction of sp³-hybridized carbons (Fsp3) is 0.542. The van der Waals surface area contributed by atoms with Crippen LogP contribution < -0.4 is 15.1 Å². The SMILES string of the molecule is CCNC(=NCc1ccnc(N2CCN(CC)CC2)c1)N1CCN(c2ccccn2)CC1. The van der Waals surface area contributed by atoms with Crippen LogP contribution in [0.15, 0.2) is 47.7 Å². The van der Waals surface area contributed by atoms with Crippen LogP contribution in [0.2, 0.25) is 0 Å². The van der Waals surface area contributed by atoms with Gasteiger partial charge in [-0.05, 0) is 43.3 Å². The van der Waals surface area contributed by atoms with Crippen LogP contribution in [0.1, 0.15) is 19.4 Å².